The van der Waals surface area contributed by atoms with Gasteiger partial charge in [-0.1, -0.05) is 51.6 Å². The third-order valence-electron chi connectivity index (χ3n) is 6.72. The van der Waals surface area contributed by atoms with Gasteiger partial charge in [0.1, 0.15) is 16.2 Å². The van der Waals surface area contributed by atoms with E-state index in [1.807, 2.05) is 37.6 Å². The van der Waals surface area contributed by atoms with Gasteiger partial charge in [-0.3, -0.25) is 9.59 Å². The number of carbonyl (C=O) groups excluding carboxylic acids is 2. The van der Waals surface area contributed by atoms with Gasteiger partial charge in [0.25, 0.3) is 0 Å². The molecule has 0 radical (unpaired) electrons. The van der Waals surface area contributed by atoms with Gasteiger partial charge in [0.2, 0.25) is 0 Å². The number of thiazole rings is 1. The van der Waals surface area contributed by atoms with Gasteiger partial charge in [-0.15, -0.1) is 11.3 Å². The van der Waals surface area contributed by atoms with Gasteiger partial charge in [0, 0.05) is 17.7 Å². The third-order valence-corrected chi connectivity index (χ3v) is 8.60. The van der Waals surface area contributed by atoms with E-state index in [2.05, 4.69) is 11.1 Å². The van der Waals surface area contributed by atoms with Crippen LogP contribution in [0.3, 0.4) is 0 Å². The van der Waals surface area contributed by atoms with Gasteiger partial charge in [-0.25, -0.2) is 4.98 Å². The third kappa shape index (κ3) is 7.77. The Labute approximate surface area is 211 Å². The van der Waals surface area contributed by atoms with Crippen LogP contribution >= 0.6 is 23.1 Å². The lowest BCUT2D eigenvalue weighted by Crippen LogP contribution is -2.45. The molecule has 0 unspecified atom stereocenters. The number of aliphatic hydroxyl groups is 2. The molecule has 0 aromatic carbocycles. The SMILES string of the molecule is CSc1nc(/C=C(\C)[C@H]2C/C=C\CCC[C@@H](C)[C@@H](O)[C@@H](C)C(=O)C(C)(C)[C@@H](O)CC(=O)O2)cs1. The highest BCUT2D eigenvalue weighted by molar-refractivity contribution is 8.00. The molecule has 0 aliphatic carbocycles. The van der Waals surface area contributed by atoms with Crippen molar-refractivity contribution in [1.29, 1.82) is 0 Å². The van der Waals surface area contributed by atoms with Crippen molar-refractivity contribution >= 4 is 40.9 Å². The molecule has 1 aromatic heterocycles. The average Bonchev–Trinajstić information content (AvgIpc) is 3.25. The minimum Gasteiger partial charge on any atom is -0.457 e. The van der Waals surface area contributed by atoms with E-state index in [0.717, 1.165) is 34.9 Å². The van der Waals surface area contributed by atoms with E-state index in [0.29, 0.717) is 6.42 Å². The molecule has 1 aromatic rings. The Kier molecular flexibility index (Phi) is 11.0. The predicted molar refractivity (Wildman–Crippen MR) is 139 cm³/mol. The summed E-state index contributed by atoms with van der Waals surface area (Å²) >= 11 is 3.15. The summed E-state index contributed by atoms with van der Waals surface area (Å²) in [4.78, 5) is 30.5. The smallest absolute Gasteiger partial charge is 0.309 e. The van der Waals surface area contributed by atoms with Gasteiger partial charge in [0.15, 0.2) is 0 Å². The highest BCUT2D eigenvalue weighted by Gasteiger charge is 2.42. The van der Waals surface area contributed by atoms with E-state index in [1.54, 1.807) is 43.9 Å². The molecule has 0 saturated carbocycles. The first-order chi connectivity index (χ1) is 16.0. The molecule has 2 heterocycles. The van der Waals surface area contributed by atoms with Gasteiger partial charge in [-0.05, 0) is 50.0 Å². The fraction of sp³-hybridized carbons (Fsp3) is 0.654. The van der Waals surface area contributed by atoms with Gasteiger partial charge in [0.05, 0.1) is 29.7 Å². The number of aliphatic hydroxyl groups excluding tert-OH is 2. The molecule has 1 aliphatic rings. The molecule has 0 fully saturated rings. The Morgan fingerprint density at radius 3 is 2.62 bits per heavy atom. The molecule has 5 atom stereocenters. The average molecular weight is 510 g/mol. The molecule has 8 heteroatoms. The van der Waals surface area contributed by atoms with Crippen molar-refractivity contribution in [2.45, 2.75) is 89.4 Å². The Bertz CT molecular complexity index is 892. The summed E-state index contributed by atoms with van der Waals surface area (Å²) < 4.78 is 6.74. The number of thioether (sulfide) groups is 1. The van der Waals surface area contributed by atoms with E-state index in [9.17, 15) is 19.8 Å². The van der Waals surface area contributed by atoms with Crippen molar-refractivity contribution in [3.63, 3.8) is 0 Å². The molecule has 0 spiro atoms. The molecule has 0 saturated heterocycles. The monoisotopic (exact) mass is 509 g/mol. The van der Waals surface area contributed by atoms with Crippen LogP contribution in [0.15, 0.2) is 27.4 Å². The largest absolute Gasteiger partial charge is 0.457 e. The standard InChI is InChI=1S/C26H39NO5S2/c1-16-11-9-7-8-10-12-20(17(2)13-19-15-34-25(27-19)33-6)32-22(29)14-21(28)26(4,5)24(31)18(3)23(16)30/h8,10,13,15-16,18,20-21,23,28,30H,7,9,11-12,14H2,1-6H3/b10-8-,17-13+/t16-,18-,20-,21+,23-/m1/s1. The van der Waals surface area contributed by atoms with Crippen LogP contribution in [0.2, 0.25) is 0 Å². The van der Waals surface area contributed by atoms with Crippen LogP contribution in [0.1, 0.15) is 72.4 Å². The Morgan fingerprint density at radius 1 is 1.26 bits per heavy atom. The molecule has 6 nitrogen and oxygen atoms in total. The summed E-state index contributed by atoms with van der Waals surface area (Å²) in [7, 11) is 0. The highest BCUT2D eigenvalue weighted by Crippen LogP contribution is 2.32. The first kappa shape index (κ1) is 28.8. The quantitative estimate of drug-likeness (QED) is 0.325. The second-order valence-corrected chi connectivity index (χ2v) is 11.7. The van der Waals surface area contributed by atoms with Crippen LogP contribution in [0, 0.1) is 17.3 Å². The number of aromatic nitrogens is 1. The molecule has 2 N–H and O–H groups in total. The lowest BCUT2D eigenvalue weighted by Gasteiger charge is -2.34. The molecule has 34 heavy (non-hydrogen) atoms. The zero-order valence-electron chi connectivity index (χ0n) is 21.1. The summed E-state index contributed by atoms with van der Waals surface area (Å²) in [6.45, 7) is 8.82. The topological polar surface area (TPSA) is 96.7 Å². The van der Waals surface area contributed by atoms with Crippen LogP contribution in [0.5, 0.6) is 0 Å². The number of esters is 1. The molecule has 190 valence electrons. The summed E-state index contributed by atoms with van der Waals surface area (Å²) in [5, 5.41) is 23.5. The van der Waals surface area contributed by atoms with Crippen molar-refractivity contribution in [3.8, 4) is 0 Å². The molecular formula is C26H39NO5S2. The van der Waals surface area contributed by atoms with Crippen LogP contribution in [0.25, 0.3) is 6.08 Å². The minimum absolute atomic E-state index is 0.0413. The number of hydrogen-bond acceptors (Lipinski definition) is 8. The zero-order chi connectivity index (χ0) is 25.5. The number of allylic oxidation sites excluding steroid dienone is 1. The highest BCUT2D eigenvalue weighted by atomic mass is 32.2. The summed E-state index contributed by atoms with van der Waals surface area (Å²) in [5.41, 5.74) is 0.505. The zero-order valence-corrected chi connectivity index (χ0v) is 22.7. The fourth-order valence-corrected chi connectivity index (χ4v) is 5.39. The Hall–Kier alpha value is -1.48. The van der Waals surface area contributed by atoms with Crippen LogP contribution in [-0.2, 0) is 14.3 Å². The van der Waals surface area contributed by atoms with E-state index < -0.39 is 35.6 Å². The number of nitrogens with zero attached hydrogens (tertiary/aromatic N) is 1. The van der Waals surface area contributed by atoms with Crippen molar-refractivity contribution in [3.05, 3.63) is 28.8 Å². The normalized spacial score (nSPS) is 31.2. The van der Waals surface area contributed by atoms with Crippen LogP contribution in [0.4, 0.5) is 0 Å². The maximum atomic E-state index is 13.1. The maximum absolute atomic E-state index is 13.1. The van der Waals surface area contributed by atoms with E-state index >= 15 is 0 Å². The Balaban J connectivity index is 2.27. The molecular weight excluding hydrogens is 470 g/mol. The van der Waals surface area contributed by atoms with Crippen molar-refractivity contribution in [1.82, 2.24) is 4.98 Å². The van der Waals surface area contributed by atoms with E-state index in [4.69, 9.17) is 4.74 Å². The Morgan fingerprint density at radius 2 is 1.97 bits per heavy atom. The van der Waals surface area contributed by atoms with Crippen molar-refractivity contribution in [2.75, 3.05) is 6.26 Å². The van der Waals surface area contributed by atoms with Gasteiger partial charge >= 0.3 is 5.97 Å². The molecule has 1 aliphatic heterocycles. The predicted octanol–water partition coefficient (Wildman–Crippen LogP) is 5.29. The number of rotatable bonds is 3. The van der Waals surface area contributed by atoms with Gasteiger partial charge < -0.3 is 14.9 Å². The lowest BCUT2D eigenvalue weighted by atomic mass is 9.73. The lowest BCUT2D eigenvalue weighted by molar-refractivity contribution is -0.154. The van der Waals surface area contributed by atoms with E-state index in [1.165, 1.54) is 0 Å². The van der Waals surface area contributed by atoms with E-state index in [-0.39, 0.29) is 18.1 Å². The maximum Gasteiger partial charge on any atom is 0.309 e. The fourth-order valence-electron chi connectivity index (χ4n) is 4.17. The first-order valence-corrected chi connectivity index (χ1v) is 14.0. The minimum atomic E-state index is -1.21. The van der Waals surface area contributed by atoms with Crippen molar-refractivity contribution in [2.24, 2.45) is 17.3 Å². The van der Waals surface area contributed by atoms with Gasteiger partial charge in [-0.2, -0.15) is 0 Å². The number of cyclic esters (lactones) is 1. The van der Waals surface area contributed by atoms with Crippen LogP contribution in [-0.4, -0.2) is 51.5 Å². The number of ketones is 1. The summed E-state index contributed by atoms with van der Waals surface area (Å²) in [6.07, 6.45) is 8.25. The van der Waals surface area contributed by atoms with Crippen molar-refractivity contribution < 1.29 is 24.5 Å². The first-order valence-electron chi connectivity index (χ1n) is 11.9. The second-order valence-electron chi connectivity index (χ2n) is 9.81. The molecule has 2 rings (SSSR count). The molecule has 0 bridgehead atoms. The number of Topliss-reactive ketones (excluding diaryl/α,β-unsaturated/α-hetero) is 1. The number of ether oxygens (including phenoxy) is 1. The van der Waals surface area contributed by atoms with Crippen LogP contribution < -0.4 is 0 Å². The number of carbonyl (C=O) groups is 2. The molecule has 0 amide bonds. The number of hydrogen-bond donors (Lipinski definition) is 2. The summed E-state index contributed by atoms with van der Waals surface area (Å²) in [6, 6.07) is 0. The summed E-state index contributed by atoms with van der Waals surface area (Å²) in [5.74, 6) is -1.49. The second kappa shape index (κ2) is 13.0.